The van der Waals surface area contributed by atoms with Gasteiger partial charge in [0, 0.05) is 12.5 Å². The highest BCUT2D eigenvalue weighted by atomic mass is 16.4. The summed E-state index contributed by atoms with van der Waals surface area (Å²) in [7, 11) is 0. The normalized spacial score (nSPS) is 22.1. The van der Waals surface area contributed by atoms with E-state index in [4.69, 9.17) is 5.11 Å². The second-order valence-electron chi connectivity index (χ2n) is 5.02. The van der Waals surface area contributed by atoms with Crippen molar-refractivity contribution in [1.29, 1.82) is 0 Å². The number of hydrogen-bond donors (Lipinski definition) is 2. The SMILES string of the molecule is O=C(NCC(C(=O)O)C1CCC1)C1CC=CC1. The van der Waals surface area contributed by atoms with Gasteiger partial charge in [-0.2, -0.15) is 0 Å². The maximum Gasteiger partial charge on any atom is 0.308 e. The fraction of sp³-hybridized carbons (Fsp3) is 0.692. The summed E-state index contributed by atoms with van der Waals surface area (Å²) in [6.07, 6.45) is 8.67. The average Bonchev–Trinajstić information content (AvgIpc) is 2.73. The summed E-state index contributed by atoms with van der Waals surface area (Å²) in [5, 5.41) is 11.9. The molecular formula is C13H19NO3. The number of carbonyl (C=O) groups excluding carboxylic acids is 1. The van der Waals surface area contributed by atoms with Crippen molar-refractivity contribution in [2.45, 2.75) is 32.1 Å². The maximum absolute atomic E-state index is 11.8. The zero-order valence-corrected chi connectivity index (χ0v) is 9.89. The minimum Gasteiger partial charge on any atom is -0.481 e. The van der Waals surface area contributed by atoms with Crippen molar-refractivity contribution in [2.24, 2.45) is 17.8 Å². The molecule has 1 unspecified atom stereocenters. The fourth-order valence-electron chi connectivity index (χ4n) is 2.48. The molecule has 0 bridgehead atoms. The van der Waals surface area contributed by atoms with Crippen LogP contribution < -0.4 is 5.32 Å². The molecule has 2 N–H and O–H groups in total. The Morgan fingerprint density at radius 3 is 2.41 bits per heavy atom. The predicted molar refractivity (Wildman–Crippen MR) is 63.3 cm³/mol. The van der Waals surface area contributed by atoms with Crippen molar-refractivity contribution in [3.05, 3.63) is 12.2 Å². The van der Waals surface area contributed by atoms with Gasteiger partial charge in [-0.05, 0) is 31.6 Å². The van der Waals surface area contributed by atoms with Gasteiger partial charge in [0.05, 0.1) is 5.92 Å². The summed E-state index contributed by atoms with van der Waals surface area (Å²) in [5.41, 5.74) is 0. The number of carboxylic acid groups (broad SMARTS) is 1. The van der Waals surface area contributed by atoms with Crippen molar-refractivity contribution < 1.29 is 14.7 Å². The zero-order valence-electron chi connectivity index (χ0n) is 9.89. The van der Waals surface area contributed by atoms with Gasteiger partial charge in [0.15, 0.2) is 0 Å². The molecule has 1 amide bonds. The van der Waals surface area contributed by atoms with Crippen molar-refractivity contribution in [1.82, 2.24) is 5.32 Å². The second-order valence-corrected chi connectivity index (χ2v) is 5.02. The zero-order chi connectivity index (χ0) is 12.3. The molecule has 0 radical (unpaired) electrons. The Morgan fingerprint density at radius 2 is 1.94 bits per heavy atom. The Hall–Kier alpha value is -1.32. The average molecular weight is 237 g/mol. The van der Waals surface area contributed by atoms with E-state index in [2.05, 4.69) is 5.32 Å². The lowest BCUT2D eigenvalue weighted by Crippen LogP contribution is -2.40. The Balaban J connectivity index is 1.78. The standard InChI is InChI=1S/C13H19NO3/c15-12(10-4-1-2-5-10)14-8-11(13(16)17)9-6-3-7-9/h1-2,9-11H,3-8H2,(H,14,15)(H,16,17). The van der Waals surface area contributed by atoms with Crippen molar-refractivity contribution >= 4 is 11.9 Å². The molecule has 4 heteroatoms. The van der Waals surface area contributed by atoms with E-state index in [0.717, 1.165) is 32.1 Å². The van der Waals surface area contributed by atoms with Crippen LogP contribution in [0.4, 0.5) is 0 Å². The lowest BCUT2D eigenvalue weighted by molar-refractivity contribution is -0.145. The highest BCUT2D eigenvalue weighted by Gasteiger charge is 2.33. The first-order chi connectivity index (χ1) is 8.18. The number of amides is 1. The quantitative estimate of drug-likeness (QED) is 0.713. The molecular weight excluding hydrogens is 218 g/mol. The van der Waals surface area contributed by atoms with Crippen LogP contribution in [0.1, 0.15) is 32.1 Å². The van der Waals surface area contributed by atoms with Gasteiger partial charge in [-0.1, -0.05) is 18.6 Å². The van der Waals surface area contributed by atoms with E-state index in [1.807, 2.05) is 12.2 Å². The summed E-state index contributed by atoms with van der Waals surface area (Å²) in [6, 6.07) is 0. The van der Waals surface area contributed by atoms with E-state index in [0.29, 0.717) is 0 Å². The van der Waals surface area contributed by atoms with Gasteiger partial charge in [0.1, 0.15) is 0 Å². The highest BCUT2D eigenvalue weighted by Crippen LogP contribution is 2.33. The van der Waals surface area contributed by atoms with Gasteiger partial charge in [-0.3, -0.25) is 9.59 Å². The molecule has 0 spiro atoms. The van der Waals surface area contributed by atoms with Gasteiger partial charge in [-0.25, -0.2) is 0 Å². The second kappa shape index (κ2) is 5.34. The van der Waals surface area contributed by atoms with Gasteiger partial charge in [0.25, 0.3) is 0 Å². The number of hydrogen-bond acceptors (Lipinski definition) is 2. The summed E-state index contributed by atoms with van der Waals surface area (Å²) in [5.74, 6) is -0.900. The number of rotatable bonds is 5. The summed E-state index contributed by atoms with van der Waals surface area (Å²) < 4.78 is 0. The van der Waals surface area contributed by atoms with E-state index in [1.165, 1.54) is 0 Å². The maximum atomic E-state index is 11.8. The van der Waals surface area contributed by atoms with Crippen molar-refractivity contribution in [3.8, 4) is 0 Å². The smallest absolute Gasteiger partial charge is 0.308 e. The highest BCUT2D eigenvalue weighted by molar-refractivity contribution is 5.80. The van der Waals surface area contributed by atoms with Crippen LogP contribution >= 0.6 is 0 Å². The third kappa shape index (κ3) is 2.87. The fourth-order valence-corrected chi connectivity index (χ4v) is 2.48. The molecule has 4 nitrogen and oxygen atoms in total. The van der Waals surface area contributed by atoms with Crippen molar-refractivity contribution in [2.75, 3.05) is 6.54 Å². The third-order valence-corrected chi connectivity index (χ3v) is 3.91. The molecule has 0 aromatic carbocycles. The molecule has 94 valence electrons. The molecule has 2 aliphatic rings. The van der Waals surface area contributed by atoms with Crippen LogP contribution in [0.15, 0.2) is 12.2 Å². The lowest BCUT2D eigenvalue weighted by atomic mass is 9.76. The van der Waals surface area contributed by atoms with Crippen LogP contribution in [0.3, 0.4) is 0 Å². The molecule has 0 heterocycles. The molecule has 1 saturated carbocycles. The number of carboxylic acids is 1. The first-order valence-electron chi connectivity index (χ1n) is 6.34. The van der Waals surface area contributed by atoms with Crippen LogP contribution in [0.5, 0.6) is 0 Å². The Morgan fingerprint density at radius 1 is 1.29 bits per heavy atom. The number of nitrogens with one attached hydrogen (secondary N) is 1. The Kier molecular flexibility index (Phi) is 3.82. The first-order valence-corrected chi connectivity index (χ1v) is 6.34. The van der Waals surface area contributed by atoms with Crippen LogP contribution in [-0.4, -0.2) is 23.5 Å². The molecule has 1 fully saturated rings. The molecule has 0 aliphatic heterocycles. The monoisotopic (exact) mass is 237 g/mol. The van der Waals surface area contributed by atoms with Crippen LogP contribution in [0.2, 0.25) is 0 Å². The number of carbonyl (C=O) groups is 2. The van der Waals surface area contributed by atoms with Crippen molar-refractivity contribution in [3.63, 3.8) is 0 Å². The summed E-state index contributed by atoms with van der Waals surface area (Å²) in [4.78, 5) is 22.9. The van der Waals surface area contributed by atoms with E-state index in [1.54, 1.807) is 0 Å². The van der Waals surface area contributed by atoms with E-state index in [-0.39, 0.29) is 24.3 Å². The van der Waals surface area contributed by atoms with E-state index >= 15 is 0 Å². The van der Waals surface area contributed by atoms with E-state index < -0.39 is 11.9 Å². The molecule has 1 atom stereocenters. The molecule has 2 aliphatic carbocycles. The number of aliphatic carboxylic acids is 1. The van der Waals surface area contributed by atoms with Gasteiger partial charge in [-0.15, -0.1) is 0 Å². The third-order valence-electron chi connectivity index (χ3n) is 3.91. The topological polar surface area (TPSA) is 66.4 Å². The molecule has 17 heavy (non-hydrogen) atoms. The summed E-state index contributed by atoms with van der Waals surface area (Å²) >= 11 is 0. The van der Waals surface area contributed by atoms with Gasteiger partial charge in [0.2, 0.25) is 5.91 Å². The predicted octanol–water partition coefficient (Wildman–Crippen LogP) is 1.57. The Labute approximate surface area is 101 Å². The van der Waals surface area contributed by atoms with E-state index in [9.17, 15) is 9.59 Å². The minimum absolute atomic E-state index is 0.000531. The van der Waals surface area contributed by atoms with Gasteiger partial charge < -0.3 is 10.4 Å². The number of allylic oxidation sites excluding steroid dienone is 2. The van der Waals surface area contributed by atoms with Crippen LogP contribution in [0.25, 0.3) is 0 Å². The van der Waals surface area contributed by atoms with Gasteiger partial charge >= 0.3 is 5.97 Å². The molecule has 0 aromatic rings. The largest absolute Gasteiger partial charge is 0.481 e. The first kappa shape index (κ1) is 12.1. The lowest BCUT2D eigenvalue weighted by Gasteiger charge is -2.31. The Bertz CT molecular complexity index is 326. The van der Waals surface area contributed by atoms with Crippen LogP contribution in [0, 0.1) is 17.8 Å². The minimum atomic E-state index is -0.778. The van der Waals surface area contributed by atoms with Crippen LogP contribution in [-0.2, 0) is 9.59 Å². The molecule has 2 rings (SSSR count). The molecule has 0 aromatic heterocycles. The molecule has 0 saturated heterocycles. The summed E-state index contributed by atoms with van der Waals surface area (Å²) in [6.45, 7) is 0.287.